The van der Waals surface area contributed by atoms with E-state index in [0.29, 0.717) is 11.8 Å². The van der Waals surface area contributed by atoms with Crippen LogP contribution in [0.15, 0.2) is 24.3 Å². The Balaban J connectivity index is 1.44. The van der Waals surface area contributed by atoms with Gasteiger partial charge in [-0.05, 0) is 61.8 Å². The highest BCUT2D eigenvalue weighted by molar-refractivity contribution is 5.83. The maximum Gasteiger partial charge on any atom is 0.239 e. The van der Waals surface area contributed by atoms with Gasteiger partial charge < -0.3 is 9.64 Å². The van der Waals surface area contributed by atoms with Crippen LogP contribution in [0.4, 0.5) is 0 Å². The molecule has 2 saturated heterocycles. The number of hydrogen-bond donors (Lipinski definition) is 0. The van der Waals surface area contributed by atoms with E-state index in [-0.39, 0.29) is 6.04 Å². The van der Waals surface area contributed by atoms with Gasteiger partial charge in [-0.2, -0.15) is 0 Å². The van der Waals surface area contributed by atoms with Gasteiger partial charge >= 0.3 is 0 Å². The van der Waals surface area contributed by atoms with Crippen LogP contribution in [0.2, 0.25) is 0 Å². The van der Waals surface area contributed by atoms with Gasteiger partial charge in [0.2, 0.25) is 5.91 Å². The molecule has 4 heteroatoms. The molecular weight excluding hydrogens is 288 g/mol. The summed E-state index contributed by atoms with van der Waals surface area (Å²) in [6.07, 6.45) is 4.90. The van der Waals surface area contributed by atoms with Crippen LogP contribution in [0.25, 0.3) is 0 Å². The van der Waals surface area contributed by atoms with Crippen molar-refractivity contribution in [3.8, 4) is 5.75 Å². The number of piperidine rings is 2. The van der Waals surface area contributed by atoms with Crippen molar-refractivity contribution in [2.45, 2.75) is 38.3 Å². The van der Waals surface area contributed by atoms with Gasteiger partial charge in [-0.25, -0.2) is 0 Å². The molecule has 0 spiro atoms. The minimum atomic E-state index is 0.100. The van der Waals surface area contributed by atoms with E-state index in [1.807, 2.05) is 12.1 Å². The number of rotatable bonds is 5. The Bertz CT molecular complexity index is 567. The lowest BCUT2D eigenvalue weighted by Crippen LogP contribution is -2.58. The van der Waals surface area contributed by atoms with Crippen LogP contribution in [0, 0.1) is 11.8 Å². The summed E-state index contributed by atoms with van der Waals surface area (Å²) in [6, 6.07) is 8.33. The zero-order valence-corrected chi connectivity index (χ0v) is 13.9. The number of benzene rings is 1. The summed E-state index contributed by atoms with van der Waals surface area (Å²) in [6.45, 7) is 3.92. The third-order valence-corrected chi connectivity index (χ3v) is 5.62. The third kappa shape index (κ3) is 3.23. The quantitative estimate of drug-likeness (QED) is 0.837. The molecule has 0 aromatic heterocycles. The summed E-state index contributed by atoms with van der Waals surface area (Å²) in [5.74, 6) is 2.76. The SMILES string of the molecule is COc1ccc(CN2CC[C@H]3C[C@@H]2C(=O)N(CC2CC2)C3)cc1. The zero-order valence-electron chi connectivity index (χ0n) is 13.9. The van der Waals surface area contributed by atoms with E-state index in [9.17, 15) is 4.79 Å². The monoisotopic (exact) mass is 314 g/mol. The Morgan fingerprint density at radius 2 is 1.96 bits per heavy atom. The van der Waals surface area contributed by atoms with Gasteiger partial charge in [0.05, 0.1) is 13.2 Å². The molecular formula is C19H26N2O2. The van der Waals surface area contributed by atoms with Crippen LogP contribution in [0.1, 0.15) is 31.2 Å². The first-order chi connectivity index (χ1) is 11.2. The molecule has 1 saturated carbocycles. The minimum Gasteiger partial charge on any atom is -0.497 e. The van der Waals surface area contributed by atoms with E-state index in [1.165, 1.54) is 24.8 Å². The topological polar surface area (TPSA) is 32.8 Å². The highest BCUT2D eigenvalue weighted by Crippen LogP contribution is 2.35. The fraction of sp³-hybridized carbons (Fsp3) is 0.632. The van der Waals surface area contributed by atoms with Crippen molar-refractivity contribution >= 4 is 5.91 Å². The van der Waals surface area contributed by atoms with Gasteiger partial charge in [-0.3, -0.25) is 9.69 Å². The maximum atomic E-state index is 12.9. The van der Waals surface area contributed by atoms with E-state index in [0.717, 1.165) is 44.3 Å². The fourth-order valence-electron chi connectivity index (χ4n) is 4.05. The second-order valence-corrected chi connectivity index (χ2v) is 7.41. The number of amides is 1. The number of hydrogen-bond acceptors (Lipinski definition) is 3. The molecule has 1 amide bonds. The number of carbonyl (C=O) groups excluding carboxylic acids is 1. The van der Waals surface area contributed by atoms with Crippen molar-refractivity contribution in [3.63, 3.8) is 0 Å². The molecule has 2 bridgehead atoms. The molecule has 4 nitrogen and oxygen atoms in total. The lowest BCUT2D eigenvalue weighted by Gasteiger charge is -2.46. The fourth-order valence-corrected chi connectivity index (χ4v) is 4.05. The predicted molar refractivity (Wildman–Crippen MR) is 89.2 cm³/mol. The van der Waals surface area contributed by atoms with E-state index in [1.54, 1.807) is 7.11 Å². The van der Waals surface area contributed by atoms with Crippen molar-refractivity contribution < 1.29 is 9.53 Å². The second-order valence-electron chi connectivity index (χ2n) is 7.41. The molecule has 23 heavy (non-hydrogen) atoms. The normalized spacial score (nSPS) is 28.0. The molecule has 1 aromatic carbocycles. The van der Waals surface area contributed by atoms with Crippen molar-refractivity contribution in [1.82, 2.24) is 9.80 Å². The van der Waals surface area contributed by atoms with E-state index in [4.69, 9.17) is 4.74 Å². The van der Waals surface area contributed by atoms with Crippen LogP contribution in [0.5, 0.6) is 5.75 Å². The van der Waals surface area contributed by atoms with Crippen molar-refractivity contribution in [1.29, 1.82) is 0 Å². The van der Waals surface area contributed by atoms with Gasteiger partial charge in [0, 0.05) is 19.6 Å². The van der Waals surface area contributed by atoms with Gasteiger partial charge in [-0.1, -0.05) is 12.1 Å². The van der Waals surface area contributed by atoms with Crippen LogP contribution in [-0.2, 0) is 11.3 Å². The Labute approximate surface area is 138 Å². The lowest BCUT2D eigenvalue weighted by molar-refractivity contribution is -0.146. The molecule has 1 aliphatic carbocycles. The molecule has 3 aliphatic rings. The first-order valence-corrected chi connectivity index (χ1v) is 8.88. The van der Waals surface area contributed by atoms with E-state index in [2.05, 4.69) is 21.9 Å². The van der Waals surface area contributed by atoms with E-state index >= 15 is 0 Å². The van der Waals surface area contributed by atoms with Crippen LogP contribution in [-0.4, -0.2) is 48.5 Å². The van der Waals surface area contributed by atoms with Gasteiger partial charge in [0.15, 0.2) is 0 Å². The highest BCUT2D eigenvalue weighted by atomic mass is 16.5. The number of fused-ring (bicyclic) bond motifs is 2. The second kappa shape index (κ2) is 6.16. The lowest BCUT2D eigenvalue weighted by atomic mass is 9.85. The first-order valence-electron chi connectivity index (χ1n) is 8.88. The number of likely N-dealkylation sites (tertiary alicyclic amines) is 2. The van der Waals surface area contributed by atoms with Crippen molar-refractivity contribution in [2.24, 2.45) is 11.8 Å². The van der Waals surface area contributed by atoms with E-state index < -0.39 is 0 Å². The summed E-state index contributed by atoms with van der Waals surface area (Å²) < 4.78 is 5.22. The molecule has 4 rings (SSSR count). The molecule has 0 N–H and O–H groups in total. The Morgan fingerprint density at radius 1 is 1.17 bits per heavy atom. The molecule has 124 valence electrons. The summed E-state index contributed by atoms with van der Waals surface area (Å²) >= 11 is 0. The highest BCUT2D eigenvalue weighted by Gasteiger charge is 2.42. The third-order valence-electron chi connectivity index (χ3n) is 5.62. The van der Waals surface area contributed by atoms with Gasteiger partial charge in [0.1, 0.15) is 5.75 Å². The minimum absolute atomic E-state index is 0.100. The number of ether oxygens (including phenoxy) is 1. The summed E-state index contributed by atoms with van der Waals surface area (Å²) in [7, 11) is 1.69. The summed E-state index contributed by atoms with van der Waals surface area (Å²) in [5, 5.41) is 0. The molecule has 0 unspecified atom stereocenters. The Kier molecular flexibility index (Phi) is 4.02. The molecule has 2 aliphatic heterocycles. The number of nitrogens with zero attached hydrogens (tertiary/aromatic N) is 2. The zero-order chi connectivity index (χ0) is 15.8. The Hall–Kier alpha value is -1.55. The maximum absolute atomic E-state index is 12.9. The first kappa shape index (κ1) is 15.0. The smallest absolute Gasteiger partial charge is 0.239 e. The average Bonchev–Trinajstić information content (AvgIpc) is 3.39. The molecule has 2 atom stereocenters. The van der Waals surface area contributed by atoms with Crippen molar-refractivity contribution in [2.75, 3.05) is 26.7 Å². The number of methoxy groups -OCH3 is 1. The van der Waals surface area contributed by atoms with Crippen LogP contribution < -0.4 is 4.74 Å². The molecule has 1 aromatic rings. The summed E-state index contributed by atoms with van der Waals surface area (Å²) in [4.78, 5) is 17.4. The number of carbonyl (C=O) groups is 1. The average molecular weight is 314 g/mol. The standard InChI is InChI=1S/C19H26N2O2/c1-23-17-6-4-15(5-7-17)11-20-9-8-16-10-18(20)19(22)21(13-16)12-14-2-3-14/h4-7,14,16,18H,2-3,8-13H2,1H3/t16-,18+/m0/s1. The molecule has 0 radical (unpaired) electrons. The summed E-state index contributed by atoms with van der Waals surface area (Å²) in [5.41, 5.74) is 1.26. The van der Waals surface area contributed by atoms with Crippen LogP contribution >= 0.6 is 0 Å². The predicted octanol–water partition coefficient (Wildman–Crippen LogP) is 2.53. The molecule has 2 heterocycles. The van der Waals surface area contributed by atoms with Gasteiger partial charge in [0.25, 0.3) is 0 Å². The van der Waals surface area contributed by atoms with Crippen LogP contribution in [0.3, 0.4) is 0 Å². The largest absolute Gasteiger partial charge is 0.497 e. The Morgan fingerprint density at radius 3 is 2.65 bits per heavy atom. The molecule has 3 fully saturated rings. The van der Waals surface area contributed by atoms with Crippen molar-refractivity contribution in [3.05, 3.63) is 29.8 Å². The van der Waals surface area contributed by atoms with Gasteiger partial charge in [-0.15, -0.1) is 0 Å².